The van der Waals surface area contributed by atoms with Crippen molar-refractivity contribution in [2.24, 2.45) is 5.73 Å². The molecule has 0 amide bonds. The smallest absolute Gasteiger partial charge is 0.313 e. The van der Waals surface area contributed by atoms with Crippen molar-refractivity contribution in [1.29, 1.82) is 0 Å². The van der Waals surface area contributed by atoms with Crippen LogP contribution in [-0.2, 0) is 29.5 Å². The molecule has 0 saturated heterocycles. The molecule has 0 aromatic heterocycles. The standard InChI is InChI=1S/C19H19NO7S/c1-24-13-9-6-10-14(25-2)15(13)17-16(21)18(19(20)26-17)27-28(22,23)11-12-7-4-3-5-8-12/h3-10,17H,11,20H2,1-2H3/t17-/m1/s1/i11D2,17D. The van der Waals surface area contributed by atoms with Gasteiger partial charge in [-0.05, 0) is 17.7 Å². The zero-order chi connectivity index (χ0) is 23.0. The molecule has 9 heteroatoms. The third kappa shape index (κ3) is 3.89. The van der Waals surface area contributed by atoms with E-state index in [0.717, 1.165) is 0 Å². The number of methoxy groups -OCH3 is 2. The SMILES string of the molecule is [2H]C([2H])(c1ccccc1)S(=O)(=O)OC1=C(N)O[C@]([2H])(c2c(OC)cccc2OC)C1=O. The largest absolute Gasteiger partial charge is 0.496 e. The van der Waals surface area contributed by atoms with E-state index in [4.69, 9.17) is 28.2 Å². The van der Waals surface area contributed by atoms with E-state index in [9.17, 15) is 13.2 Å². The monoisotopic (exact) mass is 408 g/mol. The molecule has 1 aliphatic heterocycles. The molecular formula is C19H19NO7S. The molecular weight excluding hydrogens is 386 g/mol. The van der Waals surface area contributed by atoms with Gasteiger partial charge in [-0.1, -0.05) is 36.4 Å². The predicted molar refractivity (Wildman–Crippen MR) is 99.7 cm³/mol. The van der Waals surface area contributed by atoms with Crippen LogP contribution in [0.3, 0.4) is 0 Å². The van der Waals surface area contributed by atoms with E-state index in [0.29, 0.717) is 0 Å². The molecule has 0 saturated carbocycles. The highest BCUT2D eigenvalue weighted by molar-refractivity contribution is 7.86. The van der Waals surface area contributed by atoms with Gasteiger partial charge in [-0.2, -0.15) is 8.42 Å². The van der Waals surface area contributed by atoms with E-state index < -0.39 is 39.3 Å². The maximum atomic E-state index is 13.0. The quantitative estimate of drug-likeness (QED) is 0.692. The fourth-order valence-corrected chi connectivity index (χ4v) is 3.36. The van der Waals surface area contributed by atoms with Crippen LogP contribution in [-0.4, -0.2) is 28.4 Å². The summed E-state index contributed by atoms with van der Waals surface area (Å²) in [4.78, 5) is 13.0. The Hall–Kier alpha value is -3.20. The molecule has 0 unspecified atom stereocenters. The maximum Gasteiger partial charge on any atom is 0.313 e. The van der Waals surface area contributed by atoms with Crippen LogP contribution >= 0.6 is 0 Å². The van der Waals surface area contributed by atoms with Gasteiger partial charge in [0, 0.05) is 0 Å². The summed E-state index contributed by atoms with van der Waals surface area (Å²) in [7, 11) is -2.48. The van der Waals surface area contributed by atoms with E-state index in [2.05, 4.69) is 0 Å². The Kier molecular flexibility index (Phi) is 4.41. The number of benzene rings is 2. The summed E-state index contributed by atoms with van der Waals surface area (Å²) >= 11 is 0. The van der Waals surface area contributed by atoms with Crippen LogP contribution < -0.4 is 15.2 Å². The second-order valence-electron chi connectivity index (χ2n) is 5.50. The number of rotatable bonds is 7. The summed E-state index contributed by atoms with van der Waals surface area (Å²) < 4.78 is 70.3. The third-order valence-electron chi connectivity index (χ3n) is 3.71. The van der Waals surface area contributed by atoms with Gasteiger partial charge in [-0.3, -0.25) is 4.79 Å². The molecule has 0 fully saturated rings. The lowest BCUT2D eigenvalue weighted by molar-refractivity contribution is -0.123. The van der Waals surface area contributed by atoms with Gasteiger partial charge in [0.25, 0.3) is 0 Å². The van der Waals surface area contributed by atoms with Crippen LogP contribution in [0, 0.1) is 0 Å². The molecule has 2 aromatic carbocycles. The highest BCUT2D eigenvalue weighted by atomic mass is 32.2. The summed E-state index contributed by atoms with van der Waals surface area (Å²) in [6.07, 6.45) is -2.58. The van der Waals surface area contributed by atoms with Crippen molar-refractivity contribution < 1.29 is 35.7 Å². The molecule has 8 nitrogen and oxygen atoms in total. The van der Waals surface area contributed by atoms with E-state index in [-0.39, 0.29) is 22.6 Å². The summed E-state index contributed by atoms with van der Waals surface area (Å²) in [6, 6.07) is 11.4. The first-order valence-corrected chi connectivity index (χ1v) is 9.35. The Balaban J connectivity index is 2.01. The highest BCUT2D eigenvalue weighted by Crippen LogP contribution is 2.41. The minimum absolute atomic E-state index is 0.0548. The molecule has 2 N–H and O–H groups in total. The van der Waals surface area contributed by atoms with Crippen molar-refractivity contribution in [2.75, 3.05) is 14.2 Å². The van der Waals surface area contributed by atoms with E-state index >= 15 is 0 Å². The number of carbonyl (C=O) groups excluding carboxylic acids is 1. The van der Waals surface area contributed by atoms with Gasteiger partial charge in [-0.15, -0.1) is 0 Å². The predicted octanol–water partition coefficient (Wildman–Crippen LogP) is 2.02. The Morgan fingerprint density at radius 1 is 1.11 bits per heavy atom. The molecule has 0 spiro atoms. The fourth-order valence-electron chi connectivity index (χ4n) is 2.52. The van der Waals surface area contributed by atoms with Crippen molar-refractivity contribution in [3.8, 4) is 11.5 Å². The van der Waals surface area contributed by atoms with Crippen molar-refractivity contribution in [1.82, 2.24) is 0 Å². The van der Waals surface area contributed by atoms with Gasteiger partial charge in [0.15, 0.2) is 6.08 Å². The molecule has 28 heavy (non-hydrogen) atoms. The molecule has 3 rings (SSSR count). The number of hydrogen-bond donors (Lipinski definition) is 1. The Labute approximate surface area is 166 Å². The van der Waals surface area contributed by atoms with E-state index in [1.54, 1.807) is 12.1 Å². The lowest BCUT2D eigenvalue weighted by Crippen LogP contribution is -2.17. The molecule has 0 bridgehead atoms. The summed E-state index contributed by atoms with van der Waals surface area (Å²) in [5, 5.41) is 0. The van der Waals surface area contributed by atoms with Gasteiger partial charge in [0.2, 0.25) is 17.4 Å². The van der Waals surface area contributed by atoms with Gasteiger partial charge in [0.05, 0.1) is 23.9 Å². The summed E-state index contributed by atoms with van der Waals surface area (Å²) in [6.45, 7) is 0. The van der Waals surface area contributed by atoms with Gasteiger partial charge in [-0.25, -0.2) is 0 Å². The Morgan fingerprint density at radius 2 is 1.71 bits per heavy atom. The first-order valence-electron chi connectivity index (χ1n) is 9.44. The van der Waals surface area contributed by atoms with Crippen LogP contribution in [0.15, 0.2) is 60.2 Å². The molecule has 1 atom stereocenters. The molecule has 1 aliphatic rings. The van der Waals surface area contributed by atoms with Crippen molar-refractivity contribution >= 4 is 15.9 Å². The number of nitrogens with two attached hydrogens (primary N) is 1. The maximum absolute atomic E-state index is 13.0. The number of hydrogen-bond acceptors (Lipinski definition) is 8. The van der Waals surface area contributed by atoms with Crippen LogP contribution in [0.4, 0.5) is 0 Å². The zero-order valence-corrected chi connectivity index (χ0v) is 15.8. The van der Waals surface area contributed by atoms with Crippen LogP contribution in [0.1, 0.15) is 21.3 Å². The van der Waals surface area contributed by atoms with Gasteiger partial charge >= 0.3 is 10.1 Å². The second-order valence-corrected chi connectivity index (χ2v) is 6.78. The Morgan fingerprint density at radius 3 is 2.29 bits per heavy atom. The third-order valence-corrected chi connectivity index (χ3v) is 4.58. The lowest BCUT2D eigenvalue weighted by Gasteiger charge is -2.17. The normalized spacial score (nSPS) is 21.4. The van der Waals surface area contributed by atoms with Crippen molar-refractivity contribution in [2.45, 2.75) is 11.8 Å². The Bertz CT molecular complexity index is 1130. The van der Waals surface area contributed by atoms with Crippen molar-refractivity contribution in [3.63, 3.8) is 0 Å². The van der Waals surface area contributed by atoms with Gasteiger partial charge in [0.1, 0.15) is 17.2 Å². The molecule has 0 aliphatic carbocycles. The number of ether oxygens (including phenoxy) is 3. The average molecular weight is 408 g/mol. The molecule has 2 aromatic rings. The first kappa shape index (κ1) is 15.8. The van der Waals surface area contributed by atoms with E-state index in [1.807, 2.05) is 0 Å². The lowest BCUT2D eigenvalue weighted by atomic mass is 10.0. The van der Waals surface area contributed by atoms with Crippen LogP contribution in [0.2, 0.25) is 0 Å². The number of Topliss-reactive ketones (excluding diaryl/α,β-unsaturated/α-hetero) is 1. The molecule has 148 valence electrons. The fraction of sp³-hybridized carbons (Fsp3) is 0.211. The minimum Gasteiger partial charge on any atom is -0.496 e. The van der Waals surface area contributed by atoms with Gasteiger partial charge < -0.3 is 24.1 Å². The van der Waals surface area contributed by atoms with Crippen molar-refractivity contribution in [3.05, 3.63) is 71.3 Å². The summed E-state index contributed by atoms with van der Waals surface area (Å²) in [5.74, 6) is -2.96. The second kappa shape index (κ2) is 7.81. The van der Waals surface area contributed by atoms with Crippen LogP contribution in [0.5, 0.6) is 11.5 Å². The van der Waals surface area contributed by atoms with Crippen LogP contribution in [0.25, 0.3) is 0 Å². The minimum atomic E-state index is -5.08. The zero-order valence-electron chi connectivity index (χ0n) is 18.0. The highest BCUT2D eigenvalue weighted by Gasteiger charge is 2.42. The topological polar surface area (TPSA) is 114 Å². The molecule has 0 radical (unpaired) electrons. The average Bonchev–Trinajstić information content (AvgIpc) is 2.96. The van der Waals surface area contributed by atoms with E-state index in [1.165, 1.54) is 50.6 Å². The summed E-state index contributed by atoms with van der Waals surface area (Å²) in [5.41, 5.74) is 2.29. The molecule has 1 heterocycles. The first-order chi connectivity index (χ1) is 14.5. The number of carbonyl (C=O) groups is 1. The number of ketones is 1.